The maximum Gasteiger partial charge on any atom is 0.259 e. The summed E-state index contributed by atoms with van der Waals surface area (Å²) in [6, 6.07) is 9.09. The Morgan fingerprint density at radius 3 is 2.61 bits per heavy atom. The average molecular weight is 313 g/mol. The number of nitrogen functional groups attached to an aromatic ring is 1. The lowest BCUT2D eigenvalue weighted by Gasteiger charge is -2.10. The molecule has 122 valence electrons. The van der Waals surface area contributed by atoms with Crippen LogP contribution in [0.25, 0.3) is 0 Å². The molecule has 0 unspecified atom stereocenters. The van der Waals surface area contributed by atoms with Crippen molar-refractivity contribution in [2.24, 2.45) is 0 Å². The molecule has 1 amide bonds. The normalized spacial score (nSPS) is 10.3. The average Bonchev–Trinajstić information content (AvgIpc) is 2.53. The zero-order valence-electron chi connectivity index (χ0n) is 13.6. The Bertz CT molecular complexity index is 634. The van der Waals surface area contributed by atoms with Crippen molar-refractivity contribution >= 4 is 17.4 Å². The molecular formula is C18H23N3O2. The van der Waals surface area contributed by atoms with E-state index in [0.717, 1.165) is 17.7 Å². The van der Waals surface area contributed by atoms with Crippen LogP contribution in [0.2, 0.25) is 0 Å². The number of anilines is 2. The van der Waals surface area contributed by atoms with Crippen molar-refractivity contribution < 1.29 is 9.53 Å². The van der Waals surface area contributed by atoms with Crippen LogP contribution >= 0.6 is 0 Å². The summed E-state index contributed by atoms with van der Waals surface area (Å²) >= 11 is 0. The Labute approximate surface area is 136 Å². The number of amides is 1. The Balaban J connectivity index is 1.96. The molecule has 0 radical (unpaired) electrons. The molecule has 0 fully saturated rings. The number of hydrogen-bond acceptors (Lipinski definition) is 4. The number of aromatic nitrogens is 1. The minimum absolute atomic E-state index is 0.235. The number of nitrogens with two attached hydrogens (primary N) is 1. The summed E-state index contributed by atoms with van der Waals surface area (Å²) in [5.41, 5.74) is 7.69. The van der Waals surface area contributed by atoms with E-state index in [2.05, 4.69) is 17.2 Å². The lowest BCUT2D eigenvalue weighted by Crippen LogP contribution is -2.16. The van der Waals surface area contributed by atoms with E-state index >= 15 is 0 Å². The molecule has 2 aromatic rings. The predicted molar refractivity (Wildman–Crippen MR) is 92.8 cm³/mol. The summed E-state index contributed by atoms with van der Waals surface area (Å²) in [6.07, 6.45) is 4.98. The largest absolute Gasteiger partial charge is 0.494 e. The second-order valence-electron chi connectivity index (χ2n) is 5.42. The third-order valence-corrected chi connectivity index (χ3v) is 3.54. The maximum atomic E-state index is 12.3. The van der Waals surface area contributed by atoms with Gasteiger partial charge in [0.15, 0.2) is 0 Å². The minimum atomic E-state index is -0.260. The number of pyridine rings is 1. The molecule has 0 aliphatic heterocycles. The van der Waals surface area contributed by atoms with Gasteiger partial charge in [-0.25, -0.2) is 4.98 Å². The highest BCUT2D eigenvalue weighted by Gasteiger charge is 2.13. The number of unbranched alkanes of at least 4 members (excludes halogenated alkanes) is 2. The van der Waals surface area contributed by atoms with E-state index in [9.17, 15) is 4.79 Å². The molecule has 1 aromatic carbocycles. The molecule has 0 atom stereocenters. The van der Waals surface area contributed by atoms with Crippen molar-refractivity contribution in [3.63, 3.8) is 0 Å². The number of carbonyl (C=O) groups is 1. The highest BCUT2D eigenvalue weighted by atomic mass is 16.5. The van der Waals surface area contributed by atoms with Crippen LogP contribution in [0.4, 0.5) is 11.5 Å². The molecule has 3 N–H and O–H groups in total. The maximum absolute atomic E-state index is 12.3. The highest BCUT2D eigenvalue weighted by molar-refractivity contribution is 6.08. The molecule has 0 saturated heterocycles. The second kappa shape index (κ2) is 8.17. The zero-order chi connectivity index (χ0) is 16.7. The third-order valence-electron chi connectivity index (χ3n) is 3.54. The minimum Gasteiger partial charge on any atom is -0.494 e. The number of ether oxygens (including phenoxy) is 1. The van der Waals surface area contributed by atoms with Crippen molar-refractivity contribution in [3.8, 4) is 5.75 Å². The van der Waals surface area contributed by atoms with Gasteiger partial charge in [-0.2, -0.15) is 0 Å². The van der Waals surface area contributed by atoms with Crippen LogP contribution < -0.4 is 15.8 Å². The number of hydrogen-bond donors (Lipinski definition) is 2. The van der Waals surface area contributed by atoms with Gasteiger partial charge in [-0.3, -0.25) is 4.79 Å². The Morgan fingerprint density at radius 1 is 1.22 bits per heavy atom. The number of nitrogens with zero attached hydrogens (tertiary/aromatic N) is 1. The van der Waals surface area contributed by atoms with E-state index in [1.165, 1.54) is 12.8 Å². The summed E-state index contributed by atoms with van der Waals surface area (Å²) in [7, 11) is 0. The highest BCUT2D eigenvalue weighted by Crippen LogP contribution is 2.19. The van der Waals surface area contributed by atoms with Crippen LogP contribution in [-0.4, -0.2) is 17.5 Å². The van der Waals surface area contributed by atoms with Crippen LogP contribution in [0.3, 0.4) is 0 Å². The number of aryl methyl sites for hydroxylation is 1. The zero-order valence-corrected chi connectivity index (χ0v) is 13.6. The van der Waals surface area contributed by atoms with Gasteiger partial charge in [0.2, 0.25) is 0 Å². The van der Waals surface area contributed by atoms with Crippen LogP contribution in [0.5, 0.6) is 5.75 Å². The molecule has 0 aliphatic carbocycles. The van der Waals surface area contributed by atoms with Gasteiger partial charge in [-0.15, -0.1) is 0 Å². The molecule has 0 spiro atoms. The van der Waals surface area contributed by atoms with Gasteiger partial charge in [0.05, 0.1) is 12.2 Å². The first kappa shape index (κ1) is 16.8. The first-order valence-electron chi connectivity index (χ1n) is 7.87. The number of benzene rings is 1. The van der Waals surface area contributed by atoms with E-state index in [1.54, 1.807) is 12.3 Å². The summed E-state index contributed by atoms with van der Waals surface area (Å²) in [5, 5.41) is 2.83. The molecule has 23 heavy (non-hydrogen) atoms. The van der Waals surface area contributed by atoms with E-state index in [4.69, 9.17) is 10.5 Å². The number of carbonyl (C=O) groups excluding carboxylic acids is 1. The first-order chi connectivity index (χ1) is 11.1. The Morgan fingerprint density at radius 2 is 1.96 bits per heavy atom. The van der Waals surface area contributed by atoms with Gasteiger partial charge in [-0.05, 0) is 49.2 Å². The molecule has 5 heteroatoms. The molecular weight excluding hydrogens is 290 g/mol. The molecule has 0 bridgehead atoms. The van der Waals surface area contributed by atoms with Crippen LogP contribution in [-0.2, 0) is 0 Å². The number of rotatable bonds is 7. The van der Waals surface area contributed by atoms with Crippen LogP contribution in [0.15, 0.2) is 36.5 Å². The topological polar surface area (TPSA) is 77.2 Å². The fourth-order valence-corrected chi connectivity index (χ4v) is 2.24. The second-order valence-corrected chi connectivity index (χ2v) is 5.42. The summed E-state index contributed by atoms with van der Waals surface area (Å²) in [5.74, 6) is 0.777. The van der Waals surface area contributed by atoms with Gasteiger partial charge in [0, 0.05) is 11.9 Å². The first-order valence-corrected chi connectivity index (χ1v) is 7.87. The summed E-state index contributed by atoms with van der Waals surface area (Å²) < 4.78 is 5.65. The summed E-state index contributed by atoms with van der Waals surface area (Å²) in [4.78, 5) is 16.3. The standard InChI is InChI=1S/C18H23N3O2/c1-3-4-5-12-23-15-8-6-14(7-9-15)21-18(22)16-13(2)10-11-20-17(16)19/h6-11H,3-5,12H2,1-2H3,(H2,19,20)(H,21,22). The van der Waals surface area contributed by atoms with Crippen molar-refractivity contribution in [1.29, 1.82) is 0 Å². The van der Waals surface area contributed by atoms with E-state index in [-0.39, 0.29) is 11.7 Å². The predicted octanol–water partition coefficient (Wildman–Crippen LogP) is 3.79. The summed E-state index contributed by atoms with van der Waals surface area (Å²) in [6.45, 7) is 4.71. The van der Waals surface area contributed by atoms with Gasteiger partial charge >= 0.3 is 0 Å². The molecule has 1 heterocycles. The van der Waals surface area contributed by atoms with Crippen LogP contribution in [0.1, 0.15) is 42.1 Å². The van der Waals surface area contributed by atoms with E-state index in [1.807, 2.05) is 31.2 Å². The van der Waals surface area contributed by atoms with Gasteiger partial charge in [0.25, 0.3) is 5.91 Å². The van der Waals surface area contributed by atoms with Crippen LogP contribution in [0, 0.1) is 6.92 Å². The van der Waals surface area contributed by atoms with Crippen molar-refractivity contribution in [2.75, 3.05) is 17.7 Å². The molecule has 2 rings (SSSR count). The lowest BCUT2D eigenvalue weighted by atomic mass is 10.1. The van der Waals surface area contributed by atoms with Gasteiger partial charge < -0.3 is 15.8 Å². The fraction of sp³-hybridized carbons (Fsp3) is 0.333. The third kappa shape index (κ3) is 4.71. The monoisotopic (exact) mass is 313 g/mol. The fourth-order valence-electron chi connectivity index (χ4n) is 2.24. The van der Waals surface area contributed by atoms with E-state index < -0.39 is 0 Å². The SMILES string of the molecule is CCCCCOc1ccc(NC(=O)c2c(C)ccnc2N)cc1. The van der Waals surface area contributed by atoms with Crippen molar-refractivity contribution in [1.82, 2.24) is 4.98 Å². The Kier molecular flexibility index (Phi) is 5.97. The van der Waals surface area contributed by atoms with Crippen molar-refractivity contribution in [3.05, 3.63) is 47.7 Å². The molecule has 1 aromatic heterocycles. The number of nitrogens with one attached hydrogen (secondary N) is 1. The van der Waals surface area contributed by atoms with Gasteiger partial charge in [-0.1, -0.05) is 19.8 Å². The lowest BCUT2D eigenvalue weighted by molar-refractivity contribution is 0.102. The smallest absolute Gasteiger partial charge is 0.259 e. The van der Waals surface area contributed by atoms with E-state index in [0.29, 0.717) is 17.9 Å². The van der Waals surface area contributed by atoms with Crippen molar-refractivity contribution in [2.45, 2.75) is 33.1 Å². The molecule has 5 nitrogen and oxygen atoms in total. The molecule has 0 saturated carbocycles. The Hall–Kier alpha value is -2.56. The van der Waals surface area contributed by atoms with Gasteiger partial charge in [0.1, 0.15) is 11.6 Å². The molecule has 0 aliphatic rings. The quantitative estimate of drug-likeness (QED) is 0.762.